The van der Waals surface area contributed by atoms with Crippen LogP contribution in [0.1, 0.15) is 16.1 Å². The van der Waals surface area contributed by atoms with Crippen LogP contribution in [0.2, 0.25) is 5.02 Å². The number of anilines is 2. The van der Waals surface area contributed by atoms with Crippen LogP contribution in [-0.4, -0.2) is 45.3 Å². The van der Waals surface area contributed by atoms with Crippen molar-refractivity contribution in [2.45, 2.75) is 12.5 Å². The zero-order valence-corrected chi connectivity index (χ0v) is 18.5. The Morgan fingerprint density at radius 2 is 2.00 bits per heavy atom. The third-order valence-electron chi connectivity index (χ3n) is 5.55. The molecule has 1 unspecified atom stereocenters. The Balaban J connectivity index is 1.36. The molecule has 0 saturated carbocycles. The smallest absolute Gasteiger partial charge is 0.268 e. The van der Waals surface area contributed by atoms with Crippen LogP contribution >= 0.6 is 11.6 Å². The van der Waals surface area contributed by atoms with Gasteiger partial charge in [0.1, 0.15) is 30.4 Å². The van der Waals surface area contributed by atoms with Crippen LogP contribution in [0.15, 0.2) is 67.1 Å². The van der Waals surface area contributed by atoms with Crippen LogP contribution in [0.25, 0.3) is 10.9 Å². The minimum absolute atomic E-state index is 0.225. The van der Waals surface area contributed by atoms with E-state index in [1.807, 2.05) is 12.1 Å². The first kappa shape index (κ1) is 21.6. The number of H-pyrrole nitrogens is 1. The van der Waals surface area contributed by atoms with Gasteiger partial charge in [0.25, 0.3) is 5.91 Å². The lowest BCUT2D eigenvalue weighted by Gasteiger charge is -2.34. The maximum Gasteiger partial charge on any atom is 0.268 e. The Bertz CT molecular complexity index is 1400. The lowest BCUT2D eigenvalue weighted by atomic mass is 9.97. The molecular formula is C24H19ClN6O3. The zero-order valence-electron chi connectivity index (χ0n) is 17.8. The summed E-state index contributed by atoms with van der Waals surface area (Å²) in [7, 11) is 0. The third-order valence-corrected chi connectivity index (χ3v) is 5.79. The summed E-state index contributed by atoms with van der Waals surface area (Å²) in [4.78, 5) is 51.1. The van der Waals surface area contributed by atoms with E-state index in [1.165, 1.54) is 17.4 Å². The number of para-hydroxylation sites is 1. The molecule has 3 N–H and O–H groups in total. The van der Waals surface area contributed by atoms with Gasteiger partial charge in [0.15, 0.2) is 0 Å². The number of hydrogen-bond donors (Lipinski definition) is 3. The van der Waals surface area contributed by atoms with Crippen LogP contribution in [-0.2, 0) is 16.0 Å². The number of amides is 3. The van der Waals surface area contributed by atoms with Crippen molar-refractivity contribution in [3.05, 3.63) is 83.4 Å². The van der Waals surface area contributed by atoms with Gasteiger partial charge in [0, 0.05) is 34.2 Å². The average Bonchev–Trinajstić information content (AvgIpc) is 3.26. The van der Waals surface area contributed by atoms with Crippen LogP contribution in [0.3, 0.4) is 0 Å². The van der Waals surface area contributed by atoms with Crippen LogP contribution < -0.4 is 15.5 Å². The normalized spacial score (nSPS) is 15.1. The fourth-order valence-corrected chi connectivity index (χ4v) is 4.17. The standard InChI is InChI=1S/C24H19ClN6O3/c25-16-5-6-17-15(9-16)11-18(28-17)23(33)29-19-10-14-3-1-2-4-20(14)31(24(19)34)12-22(32)30-21-7-8-26-13-27-21/h1-9,11,13,19,28H,10,12H2,(H,29,33)(H,26,27,30,32). The van der Waals surface area contributed by atoms with Gasteiger partial charge < -0.3 is 20.5 Å². The highest BCUT2D eigenvalue weighted by Crippen LogP contribution is 2.28. The minimum atomic E-state index is -0.829. The van der Waals surface area contributed by atoms with Crippen LogP contribution in [0.5, 0.6) is 0 Å². The van der Waals surface area contributed by atoms with Gasteiger partial charge >= 0.3 is 0 Å². The minimum Gasteiger partial charge on any atom is -0.351 e. The topological polar surface area (TPSA) is 120 Å². The molecule has 1 aliphatic rings. The van der Waals surface area contributed by atoms with E-state index >= 15 is 0 Å². The summed E-state index contributed by atoms with van der Waals surface area (Å²) >= 11 is 6.03. The molecule has 0 saturated heterocycles. The Morgan fingerprint density at radius 1 is 1.15 bits per heavy atom. The summed E-state index contributed by atoms with van der Waals surface area (Å²) in [6.45, 7) is -0.225. The molecule has 3 heterocycles. The van der Waals surface area contributed by atoms with E-state index in [4.69, 9.17) is 11.6 Å². The number of hydrogen-bond acceptors (Lipinski definition) is 5. The van der Waals surface area contributed by atoms with Crippen LogP contribution in [0, 0.1) is 0 Å². The number of carbonyl (C=O) groups is 3. The average molecular weight is 475 g/mol. The number of fused-ring (bicyclic) bond motifs is 2. The van der Waals surface area contributed by atoms with E-state index < -0.39 is 17.9 Å². The molecule has 170 valence electrons. The quantitative estimate of drug-likeness (QED) is 0.411. The molecule has 0 radical (unpaired) electrons. The van der Waals surface area contributed by atoms with E-state index in [0.717, 1.165) is 16.5 Å². The number of benzene rings is 2. The number of nitrogens with zero attached hydrogens (tertiary/aromatic N) is 3. The zero-order chi connectivity index (χ0) is 23.7. The molecule has 9 nitrogen and oxygen atoms in total. The van der Waals surface area contributed by atoms with Gasteiger partial charge in [-0.05, 0) is 42.0 Å². The highest BCUT2D eigenvalue weighted by atomic mass is 35.5. The van der Waals surface area contributed by atoms with Crippen molar-refractivity contribution in [2.75, 3.05) is 16.8 Å². The second-order valence-corrected chi connectivity index (χ2v) is 8.28. The highest BCUT2D eigenvalue weighted by molar-refractivity contribution is 6.31. The second-order valence-electron chi connectivity index (χ2n) is 7.84. The molecule has 1 atom stereocenters. The Kier molecular flexibility index (Phi) is 5.69. The largest absolute Gasteiger partial charge is 0.351 e. The molecule has 34 heavy (non-hydrogen) atoms. The molecule has 0 spiro atoms. The lowest BCUT2D eigenvalue weighted by Crippen LogP contribution is -2.54. The fourth-order valence-electron chi connectivity index (χ4n) is 3.99. The monoisotopic (exact) mass is 474 g/mol. The number of nitrogens with one attached hydrogen (secondary N) is 3. The molecule has 2 aromatic heterocycles. The van der Waals surface area contributed by atoms with Gasteiger partial charge in [-0.1, -0.05) is 29.8 Å². The number of aromatic nitrogens is 3. The summed E-state index contributed by atoms with van der Waals surface area (Å²) in [6, 6.07) is 15.0. The number of halogens is 1. The predicted molar refractivity (Wildman–Crippen MR) is 128 cm³/mol. The van der Waals surface area contributed by atoms with Gasteiger partial charge in [0.05, 0.1) is 0 Å². The van der Waals surface area contributed by atoms with E-state index in [2.05, 4.69) is 25.6 Å². The fraction of sp³-hybridized carbons (Fsp3) is 0.125. The summed E-state index contributed by atoms with van der Waals surface area (Å²) < 4.78 is 0. The maximum absolute atomic E-state index is 13.3. The summed E-state index contributed by atoms with van der Waals surface area (Å²) in [5, 5.41) is 6.82. The molecule has 10 heteroatoms. The maximum atomic E-state index is 13.3. The van der Waals surface area contributed by atoms with Crippen molar-refractivity contribution in [1.82, 2.24) is 20.3 Å². The van der Waals surface area contributed by atoms with Gasteiger partial charge in [-0.3, -0.25) is 14.4 Å². The number of aromatic amines is 1. The second kappa shape index (κ2) is 8.95. The van der Waals surface area contributed by atoms with Crippen molar-refractivity contribution in [3.63, 3.8) is 0 Å². The molecule has 0 aliphatic carbocycles. The molecule has 3 amide bonds. The summed E-state index contributed by atoms with van der Waals surface area (Å²) in [5.41, 5.74) is 2.57. The van der Waals surface area contributed by atoms with Gasteiger partial charge in [-0.2, -0.15) is 0 Å². The van der Waals surface area contributed by atoms with Gasteiger partial charge in [-0.15, -0.1) is 0 Å². The molecule has 5 rings (SSSR count). The Hall–Kier alpha value is -4.24. The Labute approximate surface area is 199 Å². The van der Waals surface area contributed by atoms with E-state index in [0.29, 0.717) is 28.6 Å². The molecule has 0 bridgehead atoms. The van der Waals surface area contributed by atoms with Crippen molar-refractivity contribution >= 4 is 51.7 Å². The van der Waals surface area contributed by atoms with Gasteiger partial charge in [-0.25, -0.2) is 9.97 Å². The SMILES string of the molecule is O=C(CN1C(=O)C(NC(=O)c2cc3cc(Cl)ccc3[nH]2)Cc2ccccc21)Nc1ccncn1. The van der Waals surface area contributed by atoms with Crippen molar-refractivity contribution in [1.29, 1.82) is 0 Å². The first-order valence-corrected chi connectivity index (χ1v) is 10.9. The van der Waals surface area contributed by atoms with Crippen molar-refractivity contribution in [3.8, 4) is 0 Å². The van der Waals surface area contributed by atoms with E-state index in [-0.39, 0.29) is 12.5 Å². The van der Waals surface area contributed by atoms with Crippen molar-refractivity contribution < 1.29 is 14.4 Å². The van der Waals surface area contributed by atoms with E-state index in [1.54, 1.807) is 42.5 Å². The number of rotatable bonds is 5. The first-order valence-electron chi connectivity index (χ1n) is 10.5. The highest BCUT2D eigenvalue weighted by Gasteiger charge is 2.35. The molecule has 1 aliphatic heterocycles. The molecule has 0 fully saturated rings. The first-order chi connectivity index (χ1) is 16.5. The predicted octanol–water partition coefficient (Wildman–Crippen LogP) is 2.94. The lowest BCUT2D eigenvalue weighted by molar-refractivity contribution is -0.123. The number of carbonyl (C=O) groups excluding carboxylic acids is 3. The molecule has 4 aromatic rings. The molecule has 2 aromatic carbocycles. The van der Waals surface area contributed by atoms with E-state index in [9.17, 15) is 14.4 Å². The Morgan fingerprint density at radius 3 is 2.82 bits per heavy atom. The molecular weight excluding hydrogens is 456 g/mol. The summed E-state index contributed by atoms with van der Waals surface area (Å²) in [5.74, 6) is -0.873. The van der Waals surface area contributed by atoms with Crippen LogP contribution in [0.4, 0.5) is 11.5 Å². The van der Waals surface area contributed by atoms with Gasteiger partial charge in [0.2, 0.25) is 11.8 Å². The summed E-state index contributed by atoms with van der Waals surface area (Å²) in [6.07, 6.45) is 3.14. The van der Waals surface area contributed by atoms with Crippen molar-refractivity contribution in [2.24, 2.45) is 0 Å². The third kappa shape index (κ3) is 4.33.